The van der Waals surface area contributed by atoms with Crippen molar-refractivity contribution >= 4 is 8.32 Å². The molecule has 30 heavy (non-hydrogen) atoms. The molecule has 0 saturated heterocycles. The molecule has 2 aliphatic carbocycles. The molecule has 2 rings (SSSR count). The average Bonchev–Trinajstić information content (AvgIpc) is 3.02. The van der Waals surface area contributed by atoms with E-state index in [4.69, 9.17) is 4.43 Å². The number of aliphatic hydroxyl groups is 1. The minimum atomic E-state index is -1.73. The Morgan fingerprint density at radius 2 is 1.73 bits per heavy atom. The Hall–Kier alpha value is -0.383. The summed E-state index contributed by atoms with van der Waals surface area (Å²) in [6, 6.07) is 0. The van der Waals surface area contributed by atoms with E-state index in [0.717, 1.165) is 18.8 Å². The van der Waals surface area contributed by atoms with Crippen molar-refractivity contribution < 1.29 is 9.53 Å². The predicted molar refractivity (Wildman–Crippen MR) is 133 cm³/mol. The van der Waals surface area contributed by atoms with Gasteiger partial charge in [0.05, 0.1) is 5.60 Å². The molecule has 0 aromatic carbocycles. The van der Waals surface area contributed by atoms with E-state index >= 15 is 0 Å². The van der Waals surface area contributed by atoms with Crippen molar-refractivity contribution in [3.63, 3.8) is 0 Å². The maximum Gasteiger partial charge on any atom is 0.192 e. The Labute approximate surface area is 188 Å². The fourth-order valence-corrected chi connectivity index (χ4v) is 7.21. The summed E-state index contributed by atoms with van der Waals surface area (Å²) in [6.45, 7) is 21.0. The second kappa shape index (κ2) is 9.63. The van der Waals surface area contributed by atoms with E-state index < -0.39 is 13.9 Å². The Morgan fingerprint density at radius 3 is 2.30 bits per heavy atom. The number of fused-ring (bicyclic) bond motifs is 1. The molecule has 174 valence electrons. The summed E-state index contributed by atoms with van der Waals surface area (Å²) >= 11 is 0. The van der Waals surface area contributed by atoms with E-state index in [9.17, 15) is 5.11 Å². The van der Waals surface area contributed by atoms with Gasteiger partial charge in [0.1, 0.15) is 0 Å². The summed E-state index contributed by atoms with van der Waals surface area (Å²) < 4.78 is 6.99. The van der Waals surface area contributed by atoms with Crippen molar-refractivity contribution in [2.45, 2.75) is 123 Å². The third kappa shape index (κ3) is 5.50. The molecular formula is C27H50O2Si. The third-order valence-electron chi connectivity index (χ3n) is 9.18. The molecule has 0 bridgehead atoms. The molecule has 3 heteroatoms. The lowest BCUT2D eigenvalue weighted by atomic mass is 9.62. The molecule has 2 aliphatic rings. The molecule has 5 atom stereocenters. The van der Waals surface area contributed by atoms with Crippen LogP contribution in [-0.4, -0.2) is 25.1 Å². The van der Waals surface area contributed by atoms with Crippen LogP contribution in [0.5, 0.6) is 0 Å². The van der Waals surface area contributed by atoms with Gasteiger partial charge in [-0.15, -0.1) is 0 Å². The lowest BCUT2D eigenvalue weighted by Gasteiger charge is -2.49. The summed E-state index contributed by atoms with van der Waals surface area (Å²) in [6.07, 6.45) is 17.1. The average molecular weight is 435 g/mol. The maximum atomic E-state index is 10.4. The molecule has 0 heterocycles. The fourth-order valence-electron chi connectivity index (χ4n) is 5.81. The zero-order valence-electron chi connectivity index (χ0n) is 21.4. The number of hydrogen-bond donors (Lipinski definition) is 1. The van der Waals surface area contributed by atoms with Crippen LogP contribution in [-0.2, 0) is 4.43 Å². The molecule has 2 nitrogen and oxygen atoms in total. The van der Waals surface area contributed by atoms with Crippen LogP contribution in [0.2, 0.25) is 18.1 Å². The van der Waals surface area contributed by atoms with Gasteiger partial charge in [0.15, 0.2) is 8.32 Å². The van der Waals surface area contributed by atoms with Crippen molar-refractivity contribution in [3.8, 4) is 0 Å². The summed E-state index contributed by atoms with van der Waals surface area (Å²) in [5, 5.41) is 10.7. The van der Waals surface area contributed by atoms with Crippen LogP contribution in [0.3, 0.4) is 0 Å². The molecule has 0 aromatic heterocycles. The topological polar surface area (TPSA) is 29.5 Å². The number of rotatable bonds is 8. The van der Waals surface area contributed by atoms with Crippen LogP contribution in [0.1, 0.15) is 93.4 Å². The van der Waals surface area contributed by atoms with Gasteiger partial charge < -0.3 is 9.53 Å². The Kier molecular flexibility index (Phi) is 8.30. The van der Waals surface area contributed by atoms with Crippen LogP contribution < -0.4 is 0 Å². The van der Waals surface area contributed by atoms with Crippen molar-refractivity contribution in [2.24, 2.45) is 23.2 Å². The zero-order valence-corrected chi connectivity index (χ0v) is 22.4. The van der Waals surface area contributed by atoms with E-state index in [1.165, 1.54) is 32.1 Å². The van der Waals surface area contributed by atoms with Gasteiger partial charge in [-0.1, -0.05) is 79.2 Å². The van der Waals surface area contributed by atoms with E-state index in [0.29, 0.717) is 23.4 Å². The molecular weight excluding hydrogens is 384 g/mol. The van der Waals surface area contributed by atoms with Gasteiger partial charge in [-0.25, -0.2) is 0 Å². The van der Waals surface area contributed by atoms with Crippen LogP contribution in [0.15, 0.2) is 24.3 Å². The minimum Gasteiger partial charge on any atom is -0.414 e. The van der Waals surface area contributed by atoms with Crippen LogP contribution in [0.25, 0.3) is 0 Å². The SMILES string of the molecule is CCC(O)(C=CC=C[C@@H](C)C1CCC2[C@@H](O[Si](C)(C)C(C)(C)C)CCCC12C)CC. The molecule has 3 unspecified atom stereocenters. The van der Waals surface area contributed by atoms with Crippen molar-refractivity contribution in [3.05, 3.63) is 24.3 Å². The summed E-state index contributed by atoms with van der Waals surface area (Å²) in [5.74, 6) is 2.00. The summed E-state index contributed by atoms with van der Waals surface area (Å²) in [7, 11) is -1.73. The van der Waals surface area contributed by atoms with Gasteiger partial charge in [-0.3, -0.25) is 0 Å². The van der Waals surface area contributed by atoms with E-state index in [1.54, 1.807) is 0 Å². The second-order valence-corrected chi connectivity index (χ2v) is 16.8. The monoisotopic (exact) mass is 434 g/mol. The molecule has 0 radical (unpaired) electrons. The summed E-state index contributed by atoms with van der Waals surface area (Å²) in [5.41, 5.74) is -0.262. The second-order valence-electron chi connectivity index (χ2n) is 12.0. The molecule has 2 saturated carbocycles. The van der Waals surface area contributed by atoms with Gasteiger partial charge in [0, 0.05) is 6.10 Å². The van der Waals surface area contributed by atoms with Gasteiger partial charge in [0.2, 0.25) is 0 Å². The van der Waals surface area contributed by atoms with Crippen molar-refractivity contribution in [1.29, 1.82) is 0 Å². The van der Waals surface area contributed by atoms with Crippen LogP contribution in [0, 0.1) is 23.2 Å². The van der Waals surface area contributed by atoms with Crippen molar-refractivity contribution in [1.82, 2.24) is 0 Å². The lowest BCUT2D eigenvalue weighted by Crippen LogP contribution is -2.50. The van der Waals surface area contributed by atoms with Crippen LogP contribution in [0.4, 0.5) is 0 Å². The highest BCUT2D eigenvalue weighted by molar-refractivity contribution is 6.74. The van der Waals surface area contributed by atoms with E-state index in [1.807, 2.05) is 19.9 Å². The molecule has 0 aliphatic heterocycles. The lowest BCUT2D eigenvalue weighted by molar-refractivity contribution is -0.0162. The third-order valence-corrected chi connectivity index (χ3v) is 13.7. The highest BCUT2D eigenvalue weighted by Crippen LogP contribution is 2.59. The molecule has 0 aromatic rings. The highest BCUT2D eigenvalue weighted by atomic mass is 28.4. The normalized spacial score (nSPS) is 32.1. The Bertz CT molecular complexity index is 611. The van der Waals surface area contributed by atoms with Gasteiger partial charge in [-0.05, 0) is 79.8 Å². The van der Waals surface area contributed by atoms with Gasteiger partial charge in [0.25, 0.3) is 0 Å². The first-order valence-corrected chi connectivity index (χ1v) is 15.5. The Morgan fingerprint density at radius 1 is 1.10 bits per heavy atom. The predicted octanol–water partition coefficient (Wildman–Crippen LogP) is 7.89. The minimum absolute atomic E-state index is 0.278. The first-order chi connectivity index (χ1) is 13.8. The first kappa shape index (κ1) is 25.9. The van der Waals surface area contributed by atoms with Crippen molar-refractivity contribution in [2.75, 3.05) is 0 Å². The summed E-state index contributed by atoms with van der Waals surface area (Å²) in [4.78, 5) is 0. The van der Waals surface area contributed by atoms with E-state index in [2.05, 4.69) is 65.9 Å². The fraction of sp³-hybridized carbons (Fsp3) is 0.852. The maximum absolute atomic E-state index is 10.4. The number of hydrogen-bond acceptors (Lipinski definition) is 2. The van der Waals surface area contributed by atoms with Crippen LogP contribution >= 0.6 is 0 Å². The first-order valence-electron chi connectivity index (χ1n) is 12.6. The number of allylic oxidation sites excluding steroid dienone is 3. The molecule has 2 fully saturated rings. The van der Waals surface area contributed by atoms with Gasteiger partial charge in [-0.2, -0.15) is 0 Å². The molecule has 0 spiro atoms. The Balaban J connectivity index is 2.09. The molecule has 1 N–H and O–H groups in total. The zero-order chi connectivity index (χ0) is 22.8. The van der Waals surface area contributed by atoms with Gasteiger partial charge >= 0.3 is 0 Å². The quantitative estimate of drug-likeness (QED) is 0.311. The standard InChI is InChI=1S/C27H50O2Si/c1-10-27(28,11-2)20-13-12-15-21(3)22-17-18-23-24(16-14-19-26(22,23)7)29-30(8,9)25(4,5)6/h12-13,15,20-24,28H,10-11,14,16-19H2,1-9H3/t21-,22?,23?,24+,26?/m1/s1. The smallest absolute Gasteiger partial charge is 0.192 e. The largest absolute Gasteiger partial charge is 0.414 e. The molecule has 0 amide bonds. The van der Waals surface area contributed by atoms with E-state index in [-0.39, 0.29) is 5.04 Å². The highest BCUT2D eigenvalue weighted by Gasteiger charge is 2.54.